The Balaban J connectivity index is 0.667. The van der Waals surface area contributed by atoms with E-state index in [1.165, 1.54) is 16.7 Å². The fourth-order valence-electron chi connectivity index (χ4n) is 13.1. The lowest BCUT2D eigenvalue weighted by molar-refractivity contribution is -0.140. The SMILES string of the molecule is C=CC(=O)N1CCN(c2nc(OCCN3CCC4(CC3)CCN(C(=O)C3CCN(Cc5ccc(-n6c(C(N)=O)nnc6-c6cc(C(C)C)c(O)cc6O)cc5)CC3)CC4)nc3c2CCN(c2cccc4cccc(Cl)c24)C3)C[C@@H]1CC#N. The molecule has 1 spiro atoms. The highest BCUT2D eigenvalue weighted by atomic mass is 35.5. The number of piperazine rings is 1. The van der Waals surface area contributed by atoms with Gasteiger partial charge in [-0.25, -0.2) is 0 Å². The second-order valence-corrected chi connectivity index (χ2v) is 23.5. The first kappa shape index (κ1) is 56.1. The van der Waals surface area contributed by atoms with Crippen LogP contribution < -0.4 is 20.3 Å². The van der Waals surface area contributed by atoms with Crippen LogP contribution in [0.4, 0.5) is 11.5 Å². The van der Waals surface area contributed by atoms with Crippen LogP contribution in [0.2, 0.25) is 5.02 Å². The van der Waals surface area contributed by atoms with Gasteiger partial charge in [0.1, 0.15) is 23.9 Å². The molecule has 3 amide bonds. The van der Waals surface area contributed by atoms with E-state index >= 15 is 0 Å². The maximum Gasteiger partial charge on any atom is 0.318 e. The van der Waals surface area contributed by atoms with Crippen LogP contribution in [0.3, 0.4) is 0 Å². The maximum absolute atomic E-state index is 14.0. The Morgan fingerprint density at radius 3 is 2.32 bits per heavy atom. The Bertz CT molecular complexity index is 3400. The second-order valence-electron chi connectivity index (χ2n) is 23.1. The molecule has 4 aromatic carbocycles. The van der Waals surface area contributed by atoms with E-state index in [1.807, 2.05) is 50.2 Å². The van der Waals surface area contributed by atoms with Gasteiger partial charge in [-0.3, -0.25) is 28.8 Å². The first-order valence-corrected chi connectivity index (χ1v) is 29.2. The van der Waals surface area contributed by atoms with Gasteiger partial charge < -0.3 is 40.3 Å². The Hall–Kier alpha value is -7.79. The molecule has 19 nitrogen and oxygen atoms in total. The van der Waals surface area contributed by atoms with Crippen LogP contribution in [0.25, 0.3) is 27.8 Å². The maximum atomic E-state index is 14.0. The molecule has 11 rings (SSSR count). The molecule has 428 valence electrons. The smallest absolute Gasteiger partial charge is 0.318 e. The van der Waals surface area contributed by atoms with Crippen LogP contribution in [-0.4, -0.2) is 157 Å². The number of anilines is 2. The summed E-state index contributed by atoms with van der Waals surface area (Å²) in [5, 5.41) is 42.2. The lowest BCUT2D eigenvalue weighted by atomic mass is 9.71. The number of halogens is 1. The van der Waals surface area contributed by atoms with Gasteiger partial charge in [-0.2, -0.15) is 15.2 Å². The van der Waals surface area contributed by atoms with Gasteiger partial charge in [0, 0.05) is 86.7 Å². The first-order valence-electron chi connectivity index (χ1n) is 28.8. The molecule has 20 heteroatoms. The minimum atomic E-state index is -0.764. The number of hydrogen-bond donors (Lipinski definition) is 3. The van der Waals surface area contributed by atoms with Crippen LogP contribution in [0.1, 0.15) is 97.7 Å². The molecule has 0 unspecified atom stereocenters. The number of carbonyl (C=O) groups excluding carboxylic acids is 3. The molecule has 2 aromatic heterocycles. The highest BCUT2D eigenvalue weighted by Crippen LogP contribution is 2.43. The number of hydrogen-bond acceptors (Lipinski definition) is 15. The van der Waals surface area contributed by atoms with Crippen LogP contribution in [0, 0.1) is 22.7 Å². The van der Waals surface area contributed by atoms with Crippen molar-refractivity contribution in [3.8, 4) is 40.7 Å². The third kappa shape index (κ3) is 11.5. The molecular weight excluding hydrogens is 1060 g/mol. The van der Waals surface area contributed by atoms with Crippen molar-refractivity contribution in [1.82, 2.24) is 44.3 Å². The van der Waals surface area contributed by atoms with E-state index in [2.05, 4.69) is 71.6 Å². The van der Waals surface area contributed by atoms with E-state index in [0.717, 1.165) is 130 Å². The normalized spacial score (nSPS) is 18.9. The summed E-state index contributed by atoms with van der Waals surface area (Å²) in [6.45, 7) is 17.4. The zero-order valence-electron chi connectivity index (χ0n) is 46.9. The van der Waals surface area contributed by atoms with E-state index in [4.69, 9.17) is 32.0 Å². The van der Waals surface area contributed by atoms with Crippen molar-refractivity contribution >= 4 is 51.6 Å². The standard InChI is InChI=1S/C62H72ClN13O6/c1-4-54(79)75-32-31-74(38-45(75)15-23-64)57-46-18-26-73(51-10-6-8-42-7-5-9-49(63)55(42)51)39-50(46)66-61(67-57)82-34-33-70-27-19-62(20-28-70)21-29-72(30-22-62)60(81)43-16-24-71(25-17-43)37-41-11-13-44(14-12-41)76-58(68-69-59(76)56(65)80)48-35-47(40(2)3)52(77)36-53(48)78/h4-14,35-36,40,43,45,77-78H,1,15-22,24-34,37-39H2,2-3H3,(H2,65,80)/t45-/m0/s1. The zero-order chi connectivity index (χ0) is 57.2. The third-order valence-electron chi connectivity index (χ3n) is 17.9. The minimum absolute atomic E-state index is 0.0116. The quantitative estimate of drug-likeness (QED) is 0.0833. The number of rotatable bonds is 15. The number of phenolic OH excluding ortho intramolecular Hbond substituents is 2. The monoisotopic (exact) mass is 1130 g/mol. The van der Waals surface area contributed by atoms with Crippen LogP contribution in [0.5, 0.6) is 17.5 Å². The van der Waals surface area contributed by atoms with Crippen LogP contribution in [-0.2, 0) is 29.1 Å². The van der Waals surface area contributed by atoms with Gasteiger partial charge in [0.05, 0.1) is 41.4 Å². The Labute approximate surface area is 483 Å². The summed E-state index contributed by atoms with van der Waals surface area (Å²) in [7, 11) is 0. The highest BCUT2D eigenvalue weighted by Gasteiger charge is 2.40. The van der Waals surface area contributed by atoms with Crippen LogP contribution >= 0.6 is 11.6 Å². The number of amides is 3. The number of benzene rings is 4. The van der Waals surface area contributed by atoms with Crippen molar-refractivity contribution in [3.63, 3.8) is 0 Å². The topological polar surface area (TPSA) is 227 Å². The van der Waals surface area contributed by atoms with Gasteiger partial charge in [-0.1, -0.05) is 68.4 Å². The molecule has 4 fully saturated rings. The molecule has 6 aromatic rings. The Kier molecular flexibility index (Phi) is 16.4. The molecule has 0 saturated carbocycles. The predicted octanol–water partition coefficient (Wildman–Crippen LogP) is 7.84. The highest BCUT2D eigenvalue weighted by molar-refractivity contribution is 6.36. The van der Waals surface area contributed by atoms with Crippen molar-refractivity contribution < 1.29 is 29.3 Å². The number of nitriles is 1. The molecule has 4 N–H and O–H groups in total. The zero-order valence-corrected chi connectivity index (χ0v) is 47.6. The summed E-state index contributed by atoms with van der Waals surface area (Å²) in [6.07, 6.45) is 8.05. The van der Waals surface area contributed by atoms with Gasteiger partial charge in [0.15, 0.2) is 5.82 Å². The molecule has 82 heavy (non-hydrogen) atoms. The van der Waals surface area contributed by atoms with Gasteiger partial charge in [-0.05, 0) is 135 Å². The number of fused-ring (bicyclic) bond motifs is 2. The average Bonchev–Trinajstić information content (AvgIpc) is 4.12. The Morgan fingerprint density at radius 2 is 1.61 bits per heavy atom. The summed E-state index contributed by atoms with van der Waals surface area (Å²) in [6, 6.07) is 25.2. The summed E-state index contributed by atoms with van der Waals surface area (Å²) in [4.78, 5) is 62.7. The van der Waals surface area contributed by atoms with Gasteiger partial charge >= 0.3 is 6.01 Å². The molecule has 0 radical (unpaired) electrons. The molecule has 4 saturated heterocycles. The Morgan fingerprint density at radius 1 is 0.878 bits per heavy atom. The van der Waals surface area contributed by atoms with Crippen molar-refractivity contribution in [2.75, 3.05) is 88.4 Å². The van der Waals surface area contributed by atoms with E-state index < -0.39 is 5.91 Å². The van der Waals surface area contributed by atoms with Crippen molar-refractivity contribution in [2.24, 2.45) is 17.1 Å². The lowest BCUT2D eigenvalue weighted by Crippen LogP contribution is -2.55. The van der Waals surface area contributed by atoms with Crippen molar-refractivity contribution in [3.05, 3.63) is 119 Å². The lowest BCUT2D eigenvalue weighted by Gasteiger charge is -2.47. The molecule has 5 aliphatic heterocycles. The summed E-state index contributed by atoms with van der Waals surface area (Å²) >= 11 is 6.82. The van der Waals surface area contributed by atoms with E-state index in [9.17, 15) is 29.9 Å². The molecule has 0 bridgehead atoms. The number of aromatic nitrogens is 5. The number of carbonyl (C=O) groups is 3. The number of nitrogens with zero attached hydrogens (tertiary/aromatic N) is 12. The average molecular weight is 1130 g/mol. The fraction of sp³-hybridized carbons (Fsp3) is 0.452. The summed E-state index contributed by atoms with van der Waals surface area (Å²) in [5.41, 5.74) is 11.6. The molecule has 5 aliphatic rings. The number of aromatic hydroxyl groups is 2. The minimum Gasteiger partial charge on any atom is -0.508 e. The number of likely N-dealkylation sites (tertiary alicyclic amines) is 3. The first-order chi connectivity index (χ1) is 39.7. The van der Waals surface area contributed by atoms with Gasteiger partial charge in [0.25, 0.3) is 5.91 Å². The number of phenols is 2. The number of ether oxygens (including phenoxy) is 1. The number of nitrogens with two attached hydrogens (primary N) is 1. The third-order valence-corrected chi connectivity index (χ3v) is 18.2. The second kappa shape index (κ2) is 24.0. The number of primary amides is 1. The molecule has 1 atom stereocenters. The van der Waals surface area contributed by atoms with Gasteiger partial charge in [0.2, 0.25) is 17.6 Å². The summed E-state index contributed by atoms with van der Waals surface area (Å²) in [5.74, 6) is 0.0600. The molecule has 0 aliphatic carbocycles. The molecular formula is C62H72ClN13O6. The van der Waals surface area contributed by atoms with Crippen molar-refractivity contribution in [1.29, 1.82) is 5.26 Å². The van der Waals surface area contributed by atoms with Crippen molar-refractivity contribution in [2.45, 2.75) is 90.3 Å². The predicted molar refractivity (Wildman–Crippen MR) is 314 cm³/mol. The van der Waals surface area contributed by atoms with E-state index in [0.29, 0.717) is 73.6 Å². The largest absolute Gasteiger partial charge is 0.508 e. The molecule has 7 heterocycles. The summed E-state index contributed by atoms with van der Waals surface area (Å²) < 4.78 is 8.01. The van der Waals surface area contributed by atoms with E-state index in [-0.39, 0.29) is 64.7 Å². The van der Waals surface area contributed by atoms with Crippen LogP contribution in [0.15, 0.2) is 85.5 Å². The van der Waals surface area contributed by atoms with E-state index in [1.54, 1.807) is 11.0 Å². The number of piperidine rings is 3. The van der Waals surface area contributed by atoms with Gasteiger partial charge in [-0.15, -0.1) is 10.2 Å². The fourth-order valence-corrected chi connectivity index (χ4v) is 13.4.